The van der Waals surface area contributed by atoms with E-state index < -0.39 is 16.1 Å². The monoisotopic (exact) mass is 476 g/mol. The van der Waals surface area contributed by atoms with Gasteiger partial charge in [-0.05, 0) is 48.9 Å². The third kappa shape index (κ3) is 4.37. The summed E-state index contributed by atoms with van der Waals surface area (Å²) in [6.07, 6.45) is 0.719. The highest BCUT2D eigenvalue weighted by molar-refractivity contribution is 7.90. The molecule has 1 aliphatic heterocycles. The van der Waals surface area contributed by atoms with Crippen LogP contribution in [-0.4, -0.2) is 31.2 Å². The third-order valence-electron chi connectivity index (χ3n) is 5.28. The van der Waals surface area contributed by atoms with Crippen LogP contribution in [0.4, 0.5) is 5.69 Å². The summed E-state index contributed by atoms with van der Waals surface area (Å²) in [5, 5.41) is 3.88. The van der Waals surface area contributed by atoms with Gasteiger partial charge in [-0.3, -0.25) is 14.5 Å². The van der Waals surface area contributed by atoms with Crippen LogP contribution >= 0.6 is 11.3 Å². The molecule has 0 unspecified atom stereocenters. The predicted molar refractivity (Wildman–Crippen MR) is 130 cm³/mol. The number of para-hydroxylation sites is 1. The number of hydrogen-bond acceptors (Lipinski definition) is 6. The van der Waals surface area contributed by atoms with Gasteiger partial charge in [0.05, 0.1) is 20.1 Å². The highest BCUT2D eigenvalue weighted by Gasteiger charge is 2.31. The maximum Gasteiger partial charge on any atom is 0.263 e. The van der Waals surface area contributed by atoms with E-state index in [9.17, 15) is 13.2 Å². The number of amidine groups is 1. The van der Waals surface area contributed by atoms with Gasteiger partial charge < -0.3 is 5.32 Å². The molecule has 0 saturated carbocycles. The zero-order chi connectivity index (χ0) is 23.0. The molecular weight excluding hydrogens is 456 g/mol. The number of thiazole rings is 1. The molecule has 1 aromatic heterocycles. The fourth-order valence-electron chi connectivity index (χ4n) is 3.60. The van der Waals surface area contributed by atoms with Gasteiger partial charge >= 0.3 is 0 Å². The topological polar surface area (TPSA) is 101 Å². The van der Waals surface area contributed by atoms with Crippen molar-refractivity contribution in [3.05, 3.63) is 88.9 Å². The van der Waals surface area contributed by atoms with Crippen LogP contribution < -0.4 is 10.0 Å². The highest BCUT2D eigenvalue weighted by Crippen LogP contribution is 2.25. The maximum atomic E-state index is 12.6. The molecule has 2 heterocycles. The standard InChI is InChI=1S/C24H20N4O3S2/c1-15(25-23-18-6-2-5-9-21(18)33(30,31)28-23)24(29)26-17-12-10-16(11-13-17)14-22-27-19-7-3-4-8-20(19)32-22/h2-13,15H,14H2,1H3,(H,25,28)(H,26,29)/t15-/m0/s1. The molecule has 1 amide bonds. The number of sulfonamides is 1. The lowest BCUT2D eigenvalue weighted by molar-refractivity contribution is -0.117. The Morgan fingerprint density at radius 3 is 2.58 bits per heavy atom. The van der Waals surface area contributed by atoms with Gasteiger partial charge in [0.25, 0.3) is 10.0 Å². The summed E-state index contributed by atoms with van der Waals surface area (Å²) < 4.78 is 28.0. The van der Waals surface area contributed by atoms with E-state index in [0.29, 0.717) is 11.3 Å². The molecule has 166 valence electrons. The van der Waals surface area contributed by atoms with Crippen LogP contribution in [-0.2, 0) is 21.2 Å². The van der Waals surface area contributed by atoms with Crippen molar-refractivity contribution in [3.63, 3.8) is 0 Å². The molecule has 9 heteroatoms. The van der Waals surface area contributed by atoms with E-state index in [2.05, 4.69) is 26.1 Å². The van der Waals surface area contributed by atoms with E-state index in [1.165, 1.54) is 10.8 Å². The Hall–Kier alpha value is -3.56. The van der Waals surface area contributed by atoms with Gasteiger partial charge in [-0.1, -0.05) is 36.4 Å². The molecule has 0 saturated heterocycles. The summed E-state index contributed by atoms with van der Waals surface area (Å²) in [6.45, 7) is 1.62. The summed E-state index contributed by atoms with van der Waals surface area (Å²) in [4.78, 5) is 21.8. The number of benzene rings is 3. The Morgan fingerprint density at radius 1 is 1.06 bits per heavy atom. The van der Waals surface area contributed by atoms with Crippen LogP contribution in [0.3, 0.4) is 0 Å². The first-order valence-corrected chi connectivity index (χ1v) is 12.6. The van der Waals surface area contributed by atoms with Gasteiger partial charge in [-0.25, -0.2) is 13.4 Å². The van der Waals surface area contributed by atoms with Gasteiger partial charge in [-0.2, -0.15) is 0 Å². The average Bonchev–Trinajstić information content (AvgIpc) is 3.32. The van der Waals surface area contributed by atoms with Crippen molar-refractivity contribution in [1.82, 2.24) is 9.71 Å². The predicted octanol–water partition coefficient (Wildman–Crippen LogP) is 3.95. The first kappa shape index (κ1) is 21.3. The van der Waals surface area contributed by atoms with Crippen LogP contribution in [0.25, 0.3) is 10.2 Å². The van der Waals surface area contributed by atoms with Crippen molar-refractivity contribution in [2.45, 2.75) is 24.3 Å². The maximum absolute atomic E-state index is 12.6. The normalized spacial score (nSPS) is 16.3. The number of aliphatic imine (C=N–C) groups is 1. The number of anilines is 1. The second-order valence-corrected chi connectivity index (χ2v) is 10.5. The van der Waals surface area contributed by atoms with Crippen LogP contribution in [0.1, 0.15) is 23.1 Å². The Bertz CT molecular complexity index is 1460. The van der Waals surface area contributed by atoms with Crippen LogP contribution in [0.15, 0.2) is 82.7 Å². The molecule has 0 bridgehead atoms. The number of nitrogens with zero attached hydrogens (tertiary/aromatic N) is 2. The molecule has 2 N–H and O–H groups in total. The van der Waals surface area contributed by atoms with Crippen LogP contribution in [0.2, 0.25) is 0 Å². The highest BCUT2D eigenvalue weighted by atomic mass is 32.2. The summed E-state index contributed by atoms with van der Waals surface area (Å²) in [5.74, 6) is -0.149. The molecule has 1 aliphatic rings. The number of aromatic nitrogens is 1. The van der Waals surface area contributed by atoms with E-state index in [4.69, 9.17) is 0 Å². The van der Waals surface area contributed by atoms with E-state index in [-0.39, 0.29) is 16.6 Å². The lowest BCUT2D eigenvalue weighted by atomic mass is 10.1. The largest absolute Gasteiger partial charge is 0.324 e. The Morgan fingerprint density at radius 2 is 1.79 bits per heavy atom. The minimum atomic E-state index is -3.64. The molecule has 0 spiro atoms. The molecule has 1 atom stereocenters. The number of carbonyl (C=O) groups excluding carboxylic acids is 1. The molecule has 0 aliphatic carbocycles. The van der Waals surface area contributed by atoms with Crippen molar-refractivity contribution < 1.29 is 13.2 Å². The van der Waals surface area contributed by atoms with Gasteiger partial charge in [0.1, 0.15) is 11.9 Å². The molecule has 3 aromatic carbocycles. The fraction of sp³-hybridized carbons (Fsp3) is 0.125. The molecule has 7 nitrogen and oxygen atoms in total. The van der Waals surface area contributed by atoms with E-state index in [1.807, 2.05) is 42.5 Å². The van der Waals surface area contributed by atoms with E-state index in [1.54, 1.807) is 36.5 Å². The number of carbonyl (C=O) groups is 1. The lowest BCUT2D eigenvalue weighted by Gasteiger charge is -2.10. The summed E-state index contributed by atoms with van der Waals surface area (Å²) in [5.41, 5.74) is 3.21. The minimum absolute atomic E-state index is 0.167. The van der Waals surface area contributed by atoms with Gasteiger partial charge in [0.15, 0.2) is 0 Å². The van der Waals surface area contributed by atoms with Gasteiger partial charge in [-0.15, -0.1) is 11.3 Å². The summed E-state index contributed by atoms with van der Waals surface area (Å²) in [6, 6.07) is 21.4. The number of rotatable bonds is 5. The van der Waals surface area contributed by atoms with Crippen molar-refractivity contribution in [2.75, 3.05) is 5.32 Å². The quantitative estimate of drug-likeness (QED) is 0.455. The van der Waals surface area contributed by atoms with Crippen LogP contribution in [0.5, 0.6) is 0 Å². The van der Waals surface area contributed by atoms with Crippen molar-refractivity contribution in [1.29, 1.82) is 0 Å². The van der Waals surface area contributed by atoms with Crippen molar-refractivity contribution in [3.8, 4) is 0 Å². The van der Waals surface area contributed by atoms with Crippen molar-refractivity contribution >= 4 is 49.0 Å². The number of hydrogen-bond donors (Lipinski definition) is 2. The number of nitrogens with one attached hydrogen (secondary N) is 2. The molecular formula is C24H20N4O3S2. The van der Waals surface area contributed by atoms with E-state index >= 15 is 0 Å². The second-order valence-electron chi connectivity index (χ2n) is 7.69. The molecule has 0 fully saturated rings. The van der Waals surface area contributed by atoms with Crippen molar-refractivity contribution in [2.24, 2.45) is 4.99 Å². The van der Waals surface area contributed by atoms with E-state index in [0.717, 1.165) is 22.5 Å². The lowest BCUT2D eigenvalue weighted by Crippen LogP contribution is -2.28. The zero-order valence-corrected chi connectivity index (χ0v) is 19.3. The molecule has 4 aromatic rings. The average molecular weight is 477 g/mol. The zero-order valence-electron chi connectivity index (χ0n) is 17.6. The summed E-state index contributed by atoms with van der Waals surface area (Å²) in [7, 11) is -3.64. The van der Waals surface area contributed by atoms with Gasteiger partial charge in [0, 0.05) is 17.7 Å². The minimum Gasteiger partial charge on any atom is -0.324 e. The first-order valence-electron chi connectivity index (χ1n) is 10.3. The Balaban J connectivity index is 1.26. The number of fused-ring (bicyclic) bond motifs is 2. The Labute approximate surface area is 195 Å². The van der Waals surface area contributed by atoms with Gasteiger partial charge in [0.2, 0.25) is 5.91 Å². The molecule has 0 radical (unpaired) electrons. The first-order chi connectivity index (χ1) is 15.9. The number of amides is 1. The smallest absolute Gasteiger partial charge is 0.263 e. The SMILES string of the molecule is C[C@H](N=C1NS(=O)(=O)c2ccccc21)C(=O)Nc1ccc(Cc2nc3ccccc3s2)cc1. The summed E-state index contributed by atoms with van der Waals surface area (Å²) >= 11 is 1.68. The fourth-order valence-corrected chi connectivity index (χ4v) is 5.85. The molecule has 33 heavy (non-hydrogen) atoms. The second kappa shape index (κ2) is 8.42. The Kier molecular flexibility index (Phi) is 5.43. The molecule has 5 rings (SSSR count). The third-order valence-corrected chi connectivity index (χ3v) is 7.71. The van der Waals surface area contributed by atoms with Crippen LogP contribution in [0, 0.1) is 0 Å².